The van der Waals surface area contributed by atoms with E-state index in [2.05, 4.69) is 29.1 Å². The summed E-state index contributed by atoms with van der Waals surface area (Å²) in [6.07, 6.45) is 1.79. The van der Waals surface area contributed by atoms with Crippen molar-refractivity contribution in [1.29, 1.82) is 0 Å². The van der Waals surface area contributed by atoms with Gasteiger partial charge in [-0.2, -0.15) is 11.3 Å². The average Bonchev–Trinajstić information content (AvgIpc) is 2.77. The van der Waals surface area contributed by atoms with Gasteiger partial charge in [-0.1, -0.05) is 13.3 Å². The van der Waals surface area contributed by atoms with Gasteiger partial charge in [0.2, 0.25) is 0 Å². The van der Waals surface area contributed by atoms with E-state index in [9.17, 15) is 5.11 Å². The van der Waals surface area contributed by atoms with E-state index in [1.165, 1.54) is 5.56 Å². The molecule has 1 aromatic rings. The summed E-state index contributed by atoms with van der Waals surface area (Å²) in [5, 5.41) is 17.0. The van der Waals surface area contributed by atoms with Gasteiger partial charge in [0.05, 0.1) is 12.7 Å². The van der Waals surface area contributed by atoms with Crippen molar-refractivity contribution in [3.05, 3.63) is 22.4 Å². The van der Waals surface area contributed by atoms with Gasteiger partial charge in [-0.25, -0.2) is 0 Å². The Kier molecular flexibility index (Phi) is 7.42. The molecule has 0 saturated heterocycles. The highest BCUT2D eigenvalue weighted by molar-refractivity contribution is 7.07. The second-order valence-corrected chi connectivity index (χ2v) is 4.62. The van der Waals surface area contributed by atoms with Gasteiger partial charge in [0, 0.05) is 19.7 Å². The lowest BCUT2D eigenvalue weighted by Crippen LogP contribution is -2.30. The molecule has 1 aromatic heterocycles. The van der Waals surface area contributed by atoms with Gasteiger partial charge in [0.1, 0.15) is 0 Å². The van der Waals surface area contributed by atoms with Crippen LogP contribution < -0.4 is 5.32 Å². The van der Waals surface area contributed by atoms with E-state index in [1.54, 1.807) is 11.3 Å². The van der Waals surface area contributed by atoms with Crippen molar-refractivity contribution in [3.63, 3.8) is 0 Å². The molecule has 1 atom stereocenters. The van der Waals surface area contributed by atoms with Crippen molar-refractivity contribution in [3.8, 4) is 0 Å². The fraction of sp³-hybridized carbons (Fsp3) is 0.667. The third kappa shape index (κ3) is 6.23. The first-order chi connectivity index (χ1) is 7.83. The highest BCUT2D eigenvalue weighted by atomic mass is 32.1. The fourth-order valence-corrected chi connectivity index (χ4v) is 1.97. The smallest absolute Gasteiger partial charge is 0.0897 e. The number of aliphatic hydroxyl groups is 1. The average molecular weight is 243 g/mol. The summed E-state index contributed by atoms with van der Waals surface area (Å²) in [7, 11) is 0. The van der Waals surface area contributed by atoms with Crippen LogP contribution in [0.3, 0.4) is 0 Å². The van der Waals surface area contributed by atoms with Crippen LogP contribution in [0.1, 0.15) is 25.3 Å². The van der Waals surface area contributed by atoms with Crippen LogP contribution in [0.25, 0.3) is 0 Å². The summed E-state index contributed by atoms with van der Waals surface area (Å²) in [6, 6.07) is 2.09. The Hall–Kier alpha value is -0.420. The molecule has 3 nitrogen and oxygen atoms in total. The number of rotatable bonds is 9. The molecule has 0 radical (unpaired) electrons. The van der Waals surface area contributed by atoms with Gasteiger partial charge < -0.3 is 15.2 Å². The summed E-state index contributed by atoms with van der Waals surface area (Å²) in [5.41, 5.74) is 1.27. The Labute approximate surface area is 101 Å². The molecule has 1 unspecified atom stereocenters. The van der Waals surface area contributed by atoms with Gasteiger partial charge in [0.15, 0.2) is 0 Å². The SMILES string of the molecule is CCCCOCC(O)CNCc1ccsc1. The number of aliphatic hydroxyl groups excluding tert-OH is 1. The van der Waals surface area contributed by atoms with Crippen molar-refractivity contribution in [2.45, 2.75) is 32.4 Å². The highest BCUT2D eigenvalue weighted by Crippen LogP contribution is 2.04. The maximum atomic E-state index is 9.59. The summed E-state index contributed by atoms with van der Waals surface area (Å²) < 4.78 is 5.34. The fourth-order valence-electron chi connectivity index (χ4n) is 1.30. The minimum absolute atomic E-state index is 0.407. The van der Waals surface area contributed by atoms with E-state index in [1.807, 2.05) is 0 Å². The second kappa shape index (κ2) is 8.70. The third-order valence-electron chi connectivity index (χ3n) is 2.24. The topological polar surface area (TPSA) is 41.5 Å². The van der Waals surface area contributed by atoms with Crippen molar-refractivity contribution >= 4 is 11.3 Å². The molecule has 0 aliphatic carbocycles. The van der Waals surface area contributed by atoms with Crippen molar-refractivity contribution in [2.75, 3.05) is 19.8 Å². The lowest BCUT2D eigenvalue weighted by atomic mass is 10.3. The molecule has 1 rings (SSSR count). The van der Waals surface area contributed by atoms with Gasteiger partial charge >= 0.3 is 0 Å². The molecule has 0 fully saturated rings. The summed E-state index contributed by atoms with van der Waals surface area (Å²) in [6.45, 7) is 4.70. The molecule has 92 valence electrons. The number of ether oxygens (including phenoxy) is 1. The Morgan fingerprint density at radius 1 is 1.56 bits per heavy atom. The van der Waals surface area contributed by atoms with Crippen LogP contribution in [0, 0.1) is 0 Å². The van der Waals surface area contributed by atoms with Crippen LogP contribution in [0.15, 0.2) is 16.8 Å². The van der Waals surface area contributed by atoms with E-state index in [0.29, 0.717) is 13.2 Å². The number of hydrogen-bond acceptors (Lipinski definition) is 4. The van der Waals surface area contributed by atoms with E-state index < -0.39 is 6.10 Å². The van der Waals surface area contributed by atoms with E-state index in [4.69, 9.17) is 4.74 Å². The van der Waals surface area contributed by atoms with Crippen LogP contribution >= 0.6 is 11.3 Å². The molecule has 1 heterocycles. The molecule has 0 amide bonds. The lowest BCUT2D eigenvalue weighted by molar-refractivity contribution is 0.0358. The first kappa shape index (κ1) is 13.6. The van der Waals surface area contributed by atoms with Crippen LogP contribution in [0.2, 0.25) is 0 Å². The van der Waals surface area contributed by atoms with Gasteiger partial charge in [-0.15, -0.1) is 0 Å². The zero-order valence-electron chi connectivity index (χ0n) is 9.82. The predicted molar refractivity (Wildman–Crippen MR) is 67.8 cm³/mol. The minimum atomic E-state index is -0.407. The van der Waals surface area contributed by atoms with Gasteiger partial charge in [0.25, 0.3) is 0 Å². The molecule has 0 aromatic carbocycles. The number of thiophene rings is 1. The molecular formula is C12H21NO2S. The monoisotopic (exact) mass is 243 g/mol. The molecule has 4 heteroatoms. The highest BCUT2D eigenvalue weighted by Gasteiger charge is 2.03. The lowest BCUT2D eigenvalue weighted by Gasteiger charge is -2.11. The molecule has 0 spiro atoms. The first-order valence-electron chi connectivity index (χ1n) is 5.80. The molecular weight excluding hydrogens is 222 g/mol. The van der Waals surface area contributed by atoms with E-state index in [0.717, 1.165) is 26.0 Å². The van der Waals surface area contributed by atoms with Crippen LogP contribution in [0.5, 0.6) is 0 Å². The molecule has 0 bridgehead atoms. The standard InChI is InChI=1S/C12H21NO2S/c1-2-3-5-15-9-12(14)8-13-7-11-4-6-16-10-11/h4,6,10,12-14H,2-3,5,7-9H2,1H3. The summed E-state index contributed by atoms with van der Waals surface area (Å²) in [5.74, 6) is 0. The maximum absolute atomic E-state index is 9.59. The normalized spacial score (nSPS) is 12.9. The van der Waals surface area contributed by atoms with E-state index >= 15 is 0 Å². The number of nitrogens with one attached hydrogen (secondary N) is 1. The van der Waals surface area contributed by atoms with Gasteiger partial charge in [-0.3, -0.25) is 0 Å². The largest absolute Gasteiger partial charge is 0.389 e. The quantitative estimate of drug-likeness (QED) is 0.652. The zero-order valence-corrected chi connectivity index (χ0v) is 10.6. The maximum Gasteiger partial charge on any atom is 0.0897 e. The van der Waals surface area contributed by atoms with Crippen molar-refractivity contribution < 1.29 is 9.84 Å². The number of unbranched alkanes of at least 4 members (excludes halogenated alkanes) is 1. The van der Waals surface area contributed by atoms with E-state index in [-0.39, 0.29) is 0 Å². The summed E-state index contributed by atoms with van der Waals surface area (Å²) in [4.78, 5) is 0. The first-order valence-corrected chi connectivity index (χ1v) is 6.74. The van der Waals surface area contributed by atoms with Crippen LogP contribution in [-0.4, -0.2) is 31.0 Å². The Morgan fingerprint density at radius 3 is 3.12 bits per heavy atom. The molecule has 0 aliphatic rings. The number of hydrogen-bond donors (Lipinski definition) is 2. The summed E-state index contributed by atoms with van der Waals surface area (Å²) >= 11 is 1.69. The van der Waals surface area contributed by atoms with Gasteiger partial charge in [-0.05, 0) is 28.8 Å². The zero-order chi connectivity index (χ0) is 11.6. The van der Waals surface area contributed by atoms with Crippen LogP contribution in [0.4, 0.5) is 0 Å². The predicted octanol–water partition coefficient (Wildman–Crippen LogP) is 2.02. The van der Waals surface area contributed by atoms with Crippen LogP contribution in [-0.2, 0) is 11.3 Å². The Balaban J connectivity index is 1.95. The van der Waals surface area contributed by atoms with Crippen molar-refractivity contribution in [1.82, 2.24) is 5.32 Å². The molecule has 2 N–H and O–H groups in total. The van der Waals surface area contributed by atoms with Crippen molar-refractivity contribution in [2.24, 2.45) is 0 Å². The third-order valence-corrected chi connectivity index (χ3v) is 2.97. The Morgan fingerprint density at radius 2 is 2.44 bits per heavy atom. The molecule has 16 heavy (non-hydrogen) atoms. The molecule has 0 aliphatic heterocycles. The molecule has 0 saturated carbocycles. The second-order valence-electron chi connectivity index (χ2n) is 3.84. The minimum Gasteiger partial charge on any atom is -0.389 e. The Bertz CT molecular complexity index is 252.